The van der Waals surface area contributed by atoms with Crippen molar-refractivity contribution in [2.75, 3.05) is 18.1 Å². The molecule has 0 fully saturated rings. The van der Waals surface area contributed by atoms with E-state index in [0.29, 0.717) is 13.0 Å². The molecule has 0 saturated carbocycles. The van der Waals surface area contributed by atoms with Gasteiger partial charge in [0.15, 0.2) is 0 Å². The molecular weight excluding hydrogens is 523 g/mol. The van der Waals surface area contributed by atoms with Crippen LogP contribution in [-0.2, 0) is 0 Å². The fraction of sp³-hybridized carbons (Fsp3) is 0.160. The Balaban J connectivity index is 1.16. The van der Waals surface area contributed by atoms with Crippen LogP contribution in [0.1, 0.15) is 6.42 Å². The van der Waals surface area contributed by atoms with Gasteiger partial charge in [-0.3, -0.25) is 0 Å². The average molecular weight is 542 g/mol. The summed E-state index contributed by atoms with van der Waals surface area (Å²) in [4.78, 5) is 0. The minimum absolute atomic E-state index is 0.599. The predicted molar refractivity (Wildman–Crippen MR) is 156 cm³/mol. The highest BCUT2D eigenvalue weighted by atomic mass is 32.2. The maximum Gasteiger partial charge on any atom is 0.134 e. The fourth-order valence-corrected chi connectivity index (χ4v) is 10.9. The van der Waals surface area contributed by atoms with Gasteiger partial charge in [-0.25, -0.2) is 0 Å². The highest BCUT2D eigenvalue weighted by Gasteiger charge is 2.22. The van der Waals surface area contributed by atoms with Crippen molar-refractivity contribution < 1.29 is 4.74 Å². The number of nitriles is 1. The van der Waals surface area contributed by atoms with E-state index >= 15 is 0 Å². The van der Waals surface area contributed by atoms with E-state index in [2.05, 4.69) is 71.5 Å². The summed E-state index contributed by atoms with van der Waals surface area (Å²) in [6.07, 6.45) is 0.599. The molecule has 0 N–H and O–H groups in total. The summed E-state index contributed by atoms with van der Waals surface area (Å²) < 4.78 is 11.7. The number of benzene rings is 3. The van der Waals surface area contributed by atoms with Gasteiger partial charge in [0.25, 0.3) is 0 Å². The Kier molecular flexibility index (Phi) is 8.18. The Bertz CT molecular complexity index is 1270. The molecule has 2 heterocycles. The number of ether oxygens (including phenoxy) is 1. The van der Waals surface area contributed by atoms with Gasteiger partial charge < -0.3 is 4.74 Å². The second kappa shape index (κ2) is 11.5. The van der Waals surface area contributed by atoms with Crippen molar-refractivity contribution in [2.24, 2.45) is 0 Å². The van der Waals surface area contributed by atoms with E-state index in [1.165, 1.54) is 38.5 Å². The smallest absolute Gasteiger partial charge is 0.134 e. The van der Waals surface area contributed by atoms with E-state index < -0.39 is 0 Å². The van der Waals surface area contributed by atoms with E-state index in [-0.39, 0.29) is 0 Å². The molecule has 8 heteroatoms. The number of hydrogen-bond donors (Lipinski definition) is 0. The molecule has 5 rings (SSSR count). The Morgan fingerprint density at radius 3 is 1.97 bits per heavy atom. The number of nitrogens with zero attached hydrogens (tertiary/aromatic N) is 1. The summed E-state index contributed by atoms with van der Waals surface area (Å²) in [5, 5.41) is 17.9. The number of fused-ring (bicyclic) bond motifs is 2. The van der Waals surface area contributed by atoms with Gasteiger partial charge >= 0.3 is 0 Å². The van der Waals surface area contributed by atoms with Crippen molar-refractivity contribution >= 4 is 92.1 Å². The predicted octanol–water partition coefficient (Wildman–Crippen LogP) is 9.44. The maximum absolute atomic E-state index is 8.71. The normalized spacial score (nSPS) is 17.9. The van der Waals surface area contributed by atoms with Crippen LogP contribution in [0.15, 0.2) is 82.4 Å². The van der Waals surface area contributed by atoms with Gasteiger partial charge in [-0.15, -0.1) is 23.5 Å². The van der Waals surface area contributed by atoms with Crippen LogP contribution >= 0.6 is 70.6 Å². The monoisotopic (exact) mass is 541 g/mol. The Morgan fingerprint density at radius 1 is 0.788 bits per heavy atom. The molecule has 166 valence electrons. The summed E-state index contributed by atoms with van der Waals surface area (Å²) in [7, 11) is 0. The molecule has 3 aromatic rings. The molecule has 2 aliphatic heterocycles. The molecule has 0 atom stereocenters. The van der Waals surface area contributed by atoms with Crippen molar-refractivity contribution in [1.29, 1.82) is 5.26 Å². The zero-order chi connectivity index (χ0) is 22.5. The van der Waals surface area contributed by atoms with E-state index in [4.69, 9.17) is 10.00 Å². The molecule has 3 aromatic carbocycles. The van der Waals surface area contributed by atoms with Gasteiger partial charge in [-0.05, 0) is 27.7 Å². The van der Waals surface area contributed by atoms with E-state index in [1.807, 2.05) is 47.0 Å². The topological polar surface area (TPSA) is 33.0 Å². The summed E-state index contributed by atoms with van der Waals surface area (Å²) in [6.45, 7) is 0.669. The molecule has 0 unspecified atom stereocenters. The zero-order valence-corrected chi connectivity index (χ0v) is 22.4. The molecule has 0 aromatic heterocycles. The molecule has 33 heavy (non-hydrogen) atoms. The van der Waals surface area contributed by atoms with Crippen LogP contribution in [0.3, 0.4) is 0 Å². The van der Waals surface area contributed by atoms with Crippen LogP contribution in [0, 0.1) is 11.3 Å². The molecular formula is C25H19NOS6. The standard InChI is InChI=1S/C25H19NOS6/c26-10-5-12-28-21-15-30-24(32-21)25-31-16-22(33-25)29-13-11-27-23-19-8-3-1-6-17(19)14-18-7-2-4-9-20(18)23/h1-4,6-9,14-16H,5,11-13H2/b25-24+. The Labute approximate surface area is 219 Å². The molecule has 2 nitrogen and oxygen atoms in total. The maximum atomic E-state index is 8.71. The Hall–Kier alpha value is -1.21. The average Bonchev–Trinajstić information content (AvgIpc) is 3.51. The van der Waals surface area contributed by atoms with Crippen LogP contribution in [0.2, 0.25) is 0 Å². The third kappa shape index (κ3) is 5.72. The van der Waals surface area contributed by atoms with Gasteiger partial charge in [-0.1, -0.05) is 95.6 Å². The van der Waals surface area contributed by atoms with Gasteiger partial charge in [0.2, 0.25) is 0 Å². The molecule has 0 amide bonds. The largest absolute Gasteiger partial charge is 0.491 e. The number of rotatable bonds is 8. The van der Waals surface area contributed by atoms with E-state index in [1.54, 1.807) is 23.5 Å². The second-order valence-corrected chi connectivity index (χ2v) is 14.2. The van der Waals surface area contributed by atoms with Crippen LogP contribution in [0.5, 0.6) is 5.75 Å². The van der Waals surface area contributed by atoms with Crippen molar-refractivity contribution in [3.8, 4) is 11.8 Å². The van der Waals surface area contributed by atoms with Crippen molar-refractivity contribution in [3.05, 3.63) is 82.4 Å². The lowest BCUT2D eigenvalue weighted by molar-refractivity contribution is 0.352. The third-order valence-electron chi connectivity index (χ3n) is 4.83. The van der Waals surface area contributed by atoms with Gasteiger partial charge in [-0.2, -0.15) is 5.26 Å². The van der Waals surface area contributed by atoms with Crippen molar-refractivity contribution in [2.45, 2.75) is 6.42 Å². The molecule has 0 radical (unpaired) electrons. The first-order chi connectivity index (χ1) is 16.3. The first-order valence-electron chi connectivity index (χ1n) is 10.3. The quantitative estimate of drug-likeness (QED) is 0.206. The lowest BCUT2D eigenvalue weighted by atomic mass is 10.0. The zero-order valence-electron chi connectivity index (χ0n) is 17.5. The van der Waals surface area contributed by atoms with Crippen LogP contribution < -0.4 is 4.74 Å². The van der Waals surface area contributed by atoms with Gasteiger partial charge in [0, 0.05) is 28.7 Å². The lowest BCUT2D eigenvalue weighted by Gasteiger charge is -2.13. The molecule has 0 saturated heterocycles. The molecule has 0 bridgehead atoms. The summed E-state index contributed by atoms with van der Waals surface area (Å²) in [5.41, 5.74) is 0. The van der Waals surface area contributed by atoms with Crippen LogP contribution in [0.4, 0.5) is 0 Å². The second-order valence-electron chi connectivity index (χ2n) is 6.99. The van der Waals surface area contributed by atoms with Crippen molar-refractivity contribution in [1.82, 2.24) is 0 Å². The van der Waals surface area contributed by atoms with Crippen molar-refractivity contribution in [3.63, 3.8) is 0 Å². The summed E-state index contributed by atoms with van der Waals surface area (Å²) >= 11 is 11.0. The first kappa shape index (κ1) is 23.5. The lowest BCUT2D eigenvalue weighted by Crippen LogP contribution is -2.01. The minimum atomic E-state index is 0.599. The minimum Gasteiger partial charge on any atom is -0.491 e. The van der Waals surface area contributed by atoms with E-state index in [0.717, 1.165) is 17.3 Å². The SMILES string of the molecule is N#CCCSC1=CS/C(=C2/SC=C(SCCOc3c4ccccc4cc4ccccc34)S2)S1. The van der Waals surface area contributed by atoms with Crippen LogP contribution in [0.25, 0.3) is 21.5 Å². The van der Waals surface area contributed by atoms with Gasteiger partial charge in [0.05, 0.1) is 29.6 Å². The first-order valence-corrected chi connectivity index (χ1v) is 15.7. The fourth-order valence-electron chi connectivity index (χ4n) is 3.40. The number of thioether (sulfide) groups is 6. The molecule has 0 spiro atoms. The Morgan fingerprint density at radius 2 is 1.36 bits per heavy atom. The molecule has 2 aliphatic rings. The third-order valence-corrected chi connectivity index (χ3v) is 12.8. The summed E-state index contributed by atoms with van der Waals surface area (Å²) in [6, 6.07) is 21.3. The molecule has 0 aliphatic carbocycles. The highest BCUT2D eigenvalue weighted by Crippen LogP contribution is 2.58. The summed E-state index contributed by atoms with van der Waals surface area (Å²) in [5.74, 6) is 2.76. The van der Waals surface area contributed by atoms with Gasteiger partial charge in [0.1, 0.15) is 5.75 Å². The highest BCUT2D eigenvalue weighted by molar-refractivity contribution is 8.40. The number of hydrogen-bond acceptors (Lipinski definition) is 8. The van der Waals surface area contributed by atoms with Crippen LogP contribution in [-0.4, -0.2) is 18.1 Å². The van der Waals surface area contributed by atoms with E-state index in [9.17, 15) is 0 Å².